The van der Waals surface area contributed by atoms with Gasteiger partial charge in [-0.05, 0) is 12.0 Å². The number of benzene rings is 1. The number of hydrogen-bond acceptors (Lipinski definition) is 2. The summed E-state index contributed by atoms with van der Waals surface area (Å²) in [6, 6.07) is 9.37. The Labute approximate surface area is 82.6 Å². The molecule has 0 saturated carbocycles. The van der Waals surface area contributed by atoms with Crippen LogP contribution in [0.5, 0.6) is 0 Å². The molecule has 1 rings (SSSR count). The number of rotatable bonds is 3. The maximum atomic E-state index is 10.2. The fraction of sp³-hybridized carbons (Fsp3) is 0.222. The molecule has 1 aromatic carbocycles. The van der Waals surface area contributed by atoms with Gasteiger partial charge in [0.05, 0.1) is 6.04 Å². The van der Waals surface area contributed by atoms with Crippen molar-refractivity contribution in [2.75, 3.05) is 0 Å². The average molecular weight is 204 g/mol. The number of carbonyl (C=O) groups is 1. The van der Waals surface area contributed by atoms with Gasteiger partial charge in [0.15, 0.2) is 0 Å². The monoisotopic (exact) mass is 204 g/mol. The molecule has 0 heterocycles. The van der Waals surface area contributed by atoms with Gasteiger partial charge < -0.3 is 10.5 Å². The minimum atomic E-state index is -0.364. The molecule has 1 aromatic rings. The molecule has 1 atom stereocenters. The molecule has 3 heteroatoms. The predicted octanol–water partition coefficient (Wildman–Crippen LogP) is 0.753. The first-order chi connectivity index (χ1) is 5.33. The second kappa shape index (κ2) is 5.95. The Kier molecular flexibility index (Phi) is 5.64. The minimum absolute atomic E-state index is 0. The molecule has 1 unspecified atom stereocenters. The SMILES string of the molecule is NC(C=O)Cc1ccccc1.[Mn]. The zero-order chi connectivity index (χ0) is 8.10. The topological polar surface area (TPSA) is 43.1 Å². The fourth-order valence-electron chi connectivity index (χ4n) is 0.934. The quantitative estimate of drug-likeness (QED) is 0.583. The summed E-state index contributed by atoms with van der Waals surface area (Å²) in [4.78, 5) is 10.2. The van der Waals surface area contributed by atoms with Gasteiger partial charge in [-0.15, -0.1) is 0 Å². The Bertz CT molecular complexity index is 225. The van der Waals surface area contributed by atoms with Crippen molar-refractivity contribution in [3.8, 4) is 0 Å². The molecule has 2 nitrogen and oxygen atoms in total. The molecule has 12 heavy (non-hydrogen) atoms. The third-order valence-corrected chi connectivity index (χ3v) is 1.49. The molecular formula is C9H11MnNO. The maximum Gasteiger partial charge on any atom is 0.137 e. The number of carbonyl (C=O) groups excluding carboxylic acids is 1. The van der Waals surface area contributed by atoms with Gasteiger partial charge in [-0.2, -0.15) is 0 Å². The van der Waals surface area contributed by atoms with Gasteiger partial charge in [0, 0.05) is 17.1 Å². The van der Waals surface area contributed by atoms with E-state index in [1.807, 2.05) is 30.3 Å². The van der Waals surface area contributed by atoms with E-state index < -0.39 is 0 Å². The Morgan fingerprint density at radius 3 is 2.42 bits per heavy atom. The third-order valence-electron chi connectivity index (χ3n) is 1.49. The van der Waals surface area contributed by atoms with Crippen LogP contribution in [0.1, 0.15) is 5.56 Å². The van der Waals surface area contributed by atoms with Crippen molar-refractivity contribution in [1.82, 2.24) is 0 Å². The van der Waals surface area contributed by atoms with Gasteiger partial charge in [0.25, 0.3) is 0 Å². The summed E-state index contributed by atoms with van der Waals surface area (Å²) in [7, 11) is 0. The largest absolute Gasteiger partial charge is 0.321 e. The van der Waals surface area contributed by atoms with Gasteiger partial charge in [-0.3, -0.25) is 0 Å². The molecule has 0 bridgehead atoms. The summed E-state index contributed by atoms with van der Waals surface area (Å²) in [6.45, 7) is 0. The van der Waals surface area contributed by atoms with E-state index in [0.29, 0.717) is 6.42 Å². The fourth-order valence-corrected chi connectivity index (χ4v) is 0.934. The van der Waals surface area contributed by atoms with Crippen LogP contribution < -0.4 is 5.73 Å². The third kappa shape index (κ3) is 3.67. The van der Waals surface area contributed by atoms with Crippen LogP contribution in [0.4, 0.5) is 0 Å². The Balaban J connectivity index is 0.00000121. The molecule has 0 amide bonds. The van der Waals surface area contributed by atoms with Gasteiger partial charge >= 0.3 is 0 Å². The number of hydrogen-bond donors (Lipinski definition) is 1. The summed E-state index contributed by atoms with van der Waals surface area (Å²) < 4.78 is 0. The van der Waals surface area contributed by atoms with Crippen molar-refractivity contribution in [3.63, 3.8) is 0 Å². The summed E-state index contributed by atoms with van der Waals surface area (Å²) in [5.74, 6) is 0. The Hall–Kier alpha value is -0.631. The molecular weight excluding hydrogens is 193 g/mol. The molecule has 0 spiro atoms. The van der Waals surface area contributed by atoms with Crippen molar-refractivity contribution in [2.45, 2.75) is 12.5 Å². The zero-order valence-electron chi connectivity index (χ0n) is 6.61. The predicted molar refractivity (Wildman–Crippen MR) is 44.2 cm³/mol. The van der Waals surface area contributed by atoms with Crippen LogP contribution >= 0.6 is 0 Å². The molecule has 0 aliphatic rings. The minimum Gasteiger partial charge on any atom is -0.321 e. The number of aldehydes is 1. The first kappa shape index (κ1) is 11.4. The number of nitrogens with two attached hydrogens (primary N) is 1. The van der Waals surface area contributed by atoms with E-state index in [-0.39, 0.29) is 23.1 Å². The van der Waals surface area contributed by atoms with Gasteiger partial charge in [-0.25, -0.2) is 0 Å². The van der Waals surface area contributed by atoms with Crippen LogP contribution in [0.15, 0.2) is 30.3 Å². The smallest absolute Gasteiger partial charge is 0.137 e. The standard InChI is InChI=1S/C9H11NO.Mn/c10-9(7-11)6-8-4-2-1-3-5-8;/h1-5,7,9H,6,10H2;. The van der Waals surface area contributed by atoms with Crippen molar-refractivity contribution in [2.24, 2.45) is 5.73 Å². The van der Waals surface area contributed by atoms with Crippen molar-refractivity contribution in [1.29, 1.82) is 0 Å². The van der Waals surface area contributed by atoms with E-state index in [1.165, 1.54) is 0 Å². The van der Waals surface area contributed by atoms with Crippen LogP contribution in [0.2, 0.25) is 0 Å². The molecule has 65 valence electrons. The summed E-state index contributed by atoms with van der Waals surface area (Å²) in [5, 5.41) is 0. The van der Waals surface area contributed by atoms with Crippen LogP contribution in [0.3, 0.4) is 0 Å². The average Bonchev–Trinajstić information content (AvgIpc) is 2.06. The summed E-state index contributed by atoms with van der Waals surface area (Å²) >= 11 is 0. The van der Waals surface area contributed by atoms with Crippen LogP contribution in [0, 0.1) is 0 Å². The Morgan fingerprint density at radius 1 is 1.33 bits per heavy atom. The van der Waals surface area contributed by atoms with E-state index >= 15 is 0 Å². The zero-order valence-corrected chi connectivity index (χ0v) is 7.79. The maximum absolute atomic E-state index is 10.2. The van der Waals surface area contributed by atoms with E-state index in [4.69, 9.17) is 5.73 Å². The van der Waals surface area contributed by atoms with Crippen LogP contribution in [0.25, 0.3) is 0 Å². The van der Waals surface area contributed by atoms with E-state index in [1.54, 1.807) is 0 Å². The van der Waals surface area contributed by atoms with Crippen molar-refractivity contribution >= 4 is 6.29 Å². The molecule has 2 N–H and O–H groups in total. The first-order valence-electron chi connectivity index (χ1n) is 3.57. The molecule has 0 aliphatic heterocycles. The van der Waals surface area contributed by atoms with E-state index in [2.05, 4.69) is 0 Å². The van der Waals surface area contributed by atoms with E-state index in [9.17, 15) is 4.79 Å². The molecule has 0 aromatic heterocycles. The van der Waals surface area contributed by atoms with Crippen LogP contribution in [-0.4, -0.2) is 12.3 Å². The molecule has 1 radical (unpaired) electrons. The summed E-state index contributed by atoms with van der Waals surface area (Å²) in [5.41, 5.74) is 6.54. The molecule has 0 saturated heterocycles. The van der Waals surface area contributed by atoms with Crippen molar-refractivity contribution in [3.05, 3.63) is 35.9 Å². The van der Waals surface area contributed by atoms with Gasteiger partial charge in [0.2, 0.25) is 0 Å². The van der Waals surface area contributed by atoms with E-state index in [0.717, 1.165) is 11.8 Å². The first-order valence-corrected chi connectivity index (χ1v) is 3.57. The van der Waals surface area contributed by atoms with Crippen LogP contribution in [-0.2, 0) is 28.3 Å². The normalized spacial score (nSPS) is 11.4. The molecule has 0 fully saturated rings. The van der Waals surface area contributed by atoms with Gasteiger partial charge in [-0.1, -0.05) is 30.3 Å². The second-order valence-corrected chi connectivity index (χ2v) is 2.49. The second-order valence-electron chi connectivity index (χ2n) is 2.49. The van der Waals surface area contributed by atoms with Crippen molar-refractivity contribution < 1.29 is 21.9 Å². The van der Waals surface area contributed by atoms with Gasteiger partial charge in [0.1, 0.15) is 6.29 Å². The Morgan fingerprint density at radius 2 is 1.92 bits per heavy atom. The summed E-state index contributed by atoms with van der Waals surface area (Å²) in [6.07, 6.45) is 1.40. The molecule has 0 aliphatic carbocycles.